The molecule has 2 N–H and O–H groups in total. The van der Waals surface area contributed by atoms with Crippen LogP contribution in [0.4, 0.5) is 4.39 Å². The number of nitrogens with zero attached hydrogens (tertiary/aromatic N) is 1. The van der Waals surface area contributed by atoms with Gasteiger partial charge in [-0.15, -0.1) is 12.4 Å². The second kappa shape index (κ2) is 9.29. The van der Waals surface area contributed by atoms with Gasteiger partial charge in [0.25, 0.3) is 0 Å². The highest BCUT2D eigenvalue weighted by Gasteiger charge is 2.30. The van der Waals surface area contributed by atoms with Crippen molar-refractivity contribution in [3.8, 4) is 0 Å². The minimum atomic E-state index is -3.59. The molecule has 5 nitrogen and oxygen atoms in total. The van der Waals surface area contributed by atoms with Gasteiger partial charge < -0.3 is 10.5 Å². The van der Waals surface area contributed by atoms with E-state index in [2.05, 4.69) is 15.9 Å². The molecule has 1 heterocycles. The second-order valence-electron chi connectivity index (χ2n) is 5.19. The monoisotopic (exact) mass is 430 g/mol. The molecule has 1 aromatic carbocycles. The summed E-state index contributed by atoms with van der Waals surface area (Å²) in [7, 11) is -3.59. The SMILES string of the molecule is Cl.NCCCOC1CCN(S(=O)(=O)c2ccc(F)c(Br)c2)CC1. The second-order valence-corrected chi connectivity index (χ2v) is 7.98. The lowest BCUT2D eigenvalue weighted by atomic mass is 10.1. The fraction of sp³-hybridized carbons (Fsp3) is 0.571. The van der Waals surface area contributed by atoms with E-state index in [0.29, 0.717) is 39.1 Å². The fourth-order valence-corrected chi connectivity index (χ4v) is 4.39. The van der Waals surface area contributed by atoms with Gasteiger partial charge in [0.1, 0.15) is 5.82 Å². The van der Waals surface area contributed by atoms with E-state index >= 15 is 0 Å². The zero-order valence-corrected chi connectivity index (χ0v) is 15.8. The lowest BCUT2D eigenvalue weighted by Crippen LogP contribution is -2.41. The Labute approximate surface area is 151 Å². The first kappa shape index (κ1) is 20.8. The summed E-state index contributed by atoms with van der Waals surface area (Å²) < 4.78 is 45.6. The summed E-state index contributed by atoms with van der Waals surface area (Å²) in [5.74, 6) is -0.481. The van der Waals surface area contributed by atoms with Gasteiger partial charge in [-0.1, -0.05) is 0 Å². The molecule has 0 aromatic heterocycles. The van der Waals surface area contributed by atoms with Crippen molar-refractivity contribution >= 4 is 38.4 Å². The summed E-state index contributed by atoms with van der Waals surface area (Å²) >= 11 is 3.02. The summed E-state index contributed by atoms with van der Waals surface area (Å²) in [6.45, 7) is 2.01. The number of hydrogen-bond acceptors (Lipinski definition) is 4. The summed E-state index contributed by atoms with van der Waals surface area (Å²) in [5.41, 5.74) is 5.41. The van der Waals surface area contributed by atoms with Crippen LogP contribution in [-0.4, -0.2) is 45.1 Å². The van der Waals surface area contributed by atoms with Crippen LogP contribution >= 0.6 is 28.3 Å². The maximum atomic E-state index is 13.2. The molecule has 0 radical (unpaired) electrons. The number of halogens is 3. The molecule has 1 fully saturated rings. The number of nitrogens with two attached hydrogens (primary N) is 1. The molecule has 2 rings (SSSR count). The molecule has 0 bridgehead atoms. The van der Waals surface area contributed by atoms with Crippen LogP contribution in [-0.2, 0) is 14.8 Å². The Morgan fingerprint density at radius 2 is 2.00 bits per heavy atom. The Kier molecular flexibility index (Phi) is 8.40. The zero-order valence-electron chi connectivity index (χ0n) is 12.6. The summed E-state index contributed by atoms with van der Waals surface area (Å²) in [4.78, 5) is 0.100. The molecule has 0 saturated carbocycles. The molecule has 0 unspecified atom stereocenters. The van der Waals surface area contributed by atoms with E-state index in [-0.39, 0.29) is 27.9 Å². The predicted octanol–water partition coefficient (Wildman–Crippen LogP) is 2.53. The van der Waals surface area contributed by atoms with Crippen molar-refractivity contribution < 1.29 is 17.5 Å². The van der Waals surface area contributed by atoms with Gasteiger partial charge in [0, 0.05) is 19.7 Å². The molecule has 0 amide bonds. The average Bonchev–Trinajstić information content (AvgIpc) is 2.51. The van der Waals surface area contributed by atoms with Gasteiger partial charge in [-0.2, -0.15) is 4.31 Å². The standard InChI is InChI=1S/C14H20BrFN2O3S.ClH/c15-13-10-12(2-3-14(13)16)22(19,20)18-7-4-11(5-8-18)21-9-1-6-17;/h2-3,10-11H,1,4-9,17H2;1H. The third-order valence-electron chi connectivity index (χ3n) is 3.63. The quantitative estimate of drug-likeness (QED) is 0.703. The third-order valence-corrected chi connectivity index (χ3v) is 6.13. The summed E-state index contributed by atoms with van der Waals surface area (Å²) in [6, 6.07) is 3.74. The van der Waals surface area contributed by atoms with Gasteiger partial charge in [-0.25, -0.2) is 12.8 Å². The molecule has 1 aliphatic rings. The minimum Gasteiger partial charge on any atom is -0.378 e. The Balaban J connectivity index is 0.00000264. The van der Waals surface area contributed by atoms with E-state index in [1.54, 1.807) is 0 Å². The molecular formula is C14H21BrClFN2O3S. The molecule has 1 aromatic rings. The van der Waals surface area contributed by atoms with Crippen molar-refractivity contribution in [2.45, 2.75) is 30.3 Å². The van der Waals surface area contributed by atoms with Crippen LogP contribution in [0, 0.1) is 5.82 Å². The van der Waals surface area contributed by atoms with Crippen LogP contribution < -0.4 is 5.73 Å². The van der Waals surface area contributed by atoms with E-state index in [0.717, 1.165) is 12.5 Å². The fourth-order valence-electron chi connectivity index (χ4n) is 2.36. The lowest BCUT2D eigenvalue weighted by molar-refractivity contribution is 0.0209. The van der Waals surface area contributed by atoms with Crippen molar-refractivity contribution in [1.29, 1.82) is 0 Å². The lowest BCUT2D eigenvalue weighted by Gasteiger charge is -2.31. The molecule has 132 valence electrons. The van der Waals surface area contributed by atoms with E-state index in [4.69, 9.17) is 10.5 Å². The van der Waals surface area contributed by atoms with Crippen molar-refractivity contribution in [3.05, 3.63) is 28.5 Å². The van der Waals surface area contributed by atoms with Gasteiger partial charge >= 0.3 is 0 Å². The Bertz CT molecular complexity index is 610. The smallest absolute Gasteiger partial charge is 0.243 e. The van der Waals surface area contributed by atoms with Crippen molar-refractivity contribution in [2.24, 2.45) is 5.73 Å². The van der Waals surface area contributed by atoms with Crippen LogP contribution in [0.1, 0.15) is 19.3 Å². The third kappa shape index (κ3) is 5.37. The number of sulfonamides is 1. The molecule has 1 aliphatic heterocycles. The topological polar surface area (TPSA) is 72.6 Å². The molecule has 0 spiro atoms. The zero-order chi connectivity index (χ0) is 16.2. The number of benzene rings is 1. The van der Waals surface area contributed by atoms with Gasteiger partial charge in [0.2, 0.25) is 10.0 Å². The Morgan fingerprint density at radius 1 is 1.35 bits per heavy atom. The summed E-state index contributed by atoms with van der Waals surface area (Å²) in [5, 5.41) is 0. The van der Waals surface area contributed by atoms with Crippen molar-refractivity contribution in [3.63, 3.8) is 0 Å². The normalized spacial score (nSPS) is 17.0. The van der Waals surface area contributed by atoms with Gasteiger partial charge in [-0.3, -0.25) is 0 Å². The Hall–Kier alpha value is -0.250. The first-order valence-corrected chi connectivity index (χ1v) is 9.45. The van der Waals surface area contributed by atoms with E-state index < -0.39 is 15.8 Å². The maximum absolute atomic E-state index is 13.2. The van der Waals surface area contributed by atoms with Crippen LogP contribution in [0.5, 0.6) is 0 Å². The van der Waals surface area contributed by atoms with E-state index in [1.807, 2.05) is 0 Å². The maximum Gasteiger partial charge on any atom is 0.243 e. The minimum absolute atomic E-state index is 0. The molecule has 1 saturated heterocycles. The van der Waals surface area contributed by atoms with Crippen LogP contribution in [0.25, 0.3) is 0 Å². The summed E-state index contributed by atoms with van der Waals surface area (Å²) in [6.07, 6.45) is 2.21. The first-order chi connectivity index (χ1) is 10.4. The largest absolute Gasteiger partial charge is 0.378 e. The van der Waals surface area contributed by atoms with Crippen LogP contribution in [0.2, 0.25) is 0 Å². The highest BCUT2D eigenvalue weighted by Crippen LogP contribution is 2.25. The molecular weight excluding hydrogens is 411 g/mol. The number of piperidine rings is 1. The first-order valence-electron chi connectivity index (χ1n) is 7.22. The Morgan fingerprint density at radius 3 is 2.57 bits per heavy atom. The predicted molar refractivity (Wildman–Crippen MR) is 92.8 cm³/mol. The number of ether oxygens (including phenoxy) is 1. The van der Waals surface area contributed by atoms with Crippen LogP contribution in [0.3, 0.4) is 0 Å². The highest BCUT2D eigenvalue weighted by atomic mass is 79.9. The van der Waals surface area contributed by atoms with Crippen molar-refractivity contribution in [2.75, 3.05) is 26.2 Å². The molecule has 9 heteroatoms. The van der Waals surface area contributed by atoms with Crippen molar-refractivity contribution in [1.82, 2.24) is 4.31 Å². The van der Waals surface area contributed by atoms with Gasteiger partial charge in [-0.05, 0) is 59.9 Å². The molecule has 0 atom stereocenters. The molecule has 0 aliphatic carbocycles. The highest BCUT2D eigenvalue weighted by molar-refractivity contribution is 9.10. The van der Waals surface area contributed by atoms with Gasteiger partial charge in [0.15, 0.2) is 0 Å². The van der Waals surface area contributed by atoms with E-state index in [9.17, 15) is 12.8 Å². The van der Waals surface area contributed by atoms with Gasteiger partial charge in [0.05, 0.1) is 15.5 Å². The average molecular weight is 432 g/mol. The number of rotatable bonds is 6. The van der Waals surface area contributed by atoms with Crippen LogP contribution in [0.15, 0.2) is 27.6 Å². The number of hydrogen-bond donors (Lipinski definition) is 1. The molecule has 23 heavy (non-hydrogen) atoms. The van der Waals surface area contributed by atoms with E-state index in [1.165, 1.54) is 16.4 Å².